The molecule has 1 amide bonds. The zero-order chi connectivity index (χ0) is 21.9. The molecule has 1 unspecified atom stereocenters. The van der Waals surface area contributed by atoms with Crippen molar-refractivity contribution in [3.05, 3.63) is 90.5 Å². The van der Waals surface area contributed by atoms with Gasteiger partial charge < -0.3 is 10.6 Å². The highest BCUT2D eigenvalue weighted by Gasteiger charge is 2.29. The second kappa shape index (κ2) is 8.77. The van der Waals surface area contributed by atoms with Gasteiger partial charge in [-0.1, -0.05) is 78.9 Å². The van der Waals surface area contributed by atoms with E-state index in [1.54, 1.807) is 0 Å². The Labute approximate surface area is 187 Å². The van der Waals surface area contributed by atoms with E-state index in [4.69, 9.17) is 15.7 Å². The highest BCUT2D eigenvalue weighted by atomic mass is 16.1. The molecule has 2 heterocycles. The maximum Gasteiger partial charge on any atom is 0.239 e. The van der Waals surface area contributed by atoms with E-state index < -0.39 is 6.04 Å². The molecule has 1 aromatic heterocycles. The van der Waals surface area contributed by atoms with E-state index in [2.05, 4.69) is 28.0 Å². The monoisotopic (exact) mass is 423 g/mol. The molecule has 1 fully saturated rings. The molecule has 0 spiro atoms. The number of anilines is 1. The number of aromatic nitrogens is 2. The third-order valence-electron chi connectivity index (χ3n) is 5.99. The first-order chi connectivity index (χ1) is 15.7. The van der Waals surface area contributed by atoms with Crippen LogP contribution >= 0.6 is 0 Å². The van der Waals surface area contributed by atoms with E-state index in [1.165, 1.54) is 0 Å². The summed E-state index contributed by atoms with van der Waals surface area (Å²) < 4.78 is 0. The van der Waals surface area contributed by atoms with Crippen molar-refractivity contribution in [3.63, 3.8) is 0 Å². The number of primary amides is 1. The molecule has 1 aliphatic rings. The summed E-state index contributed by atoms with van der Waals surface area (Å²) in [5.41, 5.74) is 9.64. The van der Waals surface area contributed by atoms with Crippen LogP contribution in [0.5, 0.6) is 0 Å². The van der Waals surface area contributed by atoms with Gasteiger partial charge in [0.2, 0.25) is 11.9 Å². The second-order valence-corrected chi connectivity index (χ2v) is 7.99. The summed E-state index contributed by atoms with van der Waals surface area (Å²) >= 11 is 0. The Bertz CT molecular complexity index is 1220. The van der Waals surface area contributed by atoms with E-state index in [9.17, 15) is 4.79 Å². The van der Waals surface area contributed by atoms with Gasteiger partial charge in [0, 0.05) is 37.1 Å². The van der Waals surface area contributed by atoms with Gasteiger partial charge in [-0.25, -0.2) is 9.97 Å². The van der Waals surface area contributed by atoms with Gasteiger partial charge in [-0.15, -0.1) is 0 Å². The van der Waals surface area contributed by atoms with E-state index in [-0.39, 0.29) is 5.91 Å². The van der Waals surface area contributed by atoms with E-state index in [0.29, 0.717) is 13.1 Å². The molecule has 1 aliphatic heterocycles. The Morgan fingerprint density at radius 3 is 2.09 bits per heavy atom. The van der Waals surface area contributed by atoms with Crippen LogP contribution in [-0.4, -0.2) is 47.0 Å². The predicted octanol–water partition coefficient (Wildman–Crippen LogP) is 3.65. The smallest absolute Gasteiger partial charge is 0.239 e. The van der Waals surface area contributed by atoms with Crippen LogP contribution in [0.4, 0.5) is 5.95 Å². The van der Waals surface area contributed by atoms with Crippen molar-refractivity contribution < 1.29 is 4.79 Å². The first kappa shape index (κ1) is 20.2. The number of hydrogen-bond acceptors (Lipinski definition) is 5. The van der Waals surface area contributed by atoms with Crippen LogP contribution in [0, 0.1) is 0 Å². The summed E-state index contributed by atoms with van der Waals surface area (Å²) in [5, 5.41) is 1.04. The van der Waals surface area contributed by atoms with Crippen LogP contribution in [0.15, 0.2) is 84.9 Å². The number of amides is 1. The van der Waals surface area contributed by atoms with Crippen LogP contribution < -0.4 is 10.6 Å². The maximum atomic E-state index is 12.2. The number of fused-ring (bicyclic) bond motifs is 1. The lowest BCUT2D eigenvalue weighted by Crippen LogP contribution is -2.50. The molecule has 3 aromatic carbocycles. The Hall–Kier alpha value is -3.77. The minimum absolute atomic E-state index is 0.321. The molecule has 6 nitrogen and oxygen atoms in total. The molecule has 1 saturated heterocycles. The lowest BCUT2D eigenvalue weighted by atomic mass is 10.0. The fourth-order valence-corrected chi connectivity index (χ4v) is 4.39. The first-order valence-electron chi connectivity index (χ1n) is 10.9. The van der Waals surface area contributed by atoms with Crippen LogP contribution in [0.25, 0.3) is 22.2 Å². The maximum absolute atomic E-state index is 12.2. The number of piperazine rings is 1. The van der Waals surface area contributed by atoms with Crippen molar-refractivity contribution in [3.8, 4) is 11.3 Å². The number of hydrogen-bond donors (Lipinski definition) is 1. The molecule has 4 aromatic rings. The topological polar surface area (TPSA) is 75.4 Å². The molecule has 5 rings (SSSR count). The van der Waals surface area contributed by atoms with Gasteiger partial charge in [-0.3, -0.25) is 9.69 Å². The van der Waals surface area contributed by atoms with Gasteiger partial charge in [-0.2, -0.15) is 0 Å². The molecule has 0 aliphatic carbocycles. The lowest BCUT2D eigenvalue weighted by molar-refractivity contribution is -0.123. The van der Waals surface area contributed by atoms with Crippen LogP contribution in [-0.2, 0) is 4.79 Å². The molecule has 2 N–H and O–H groups in total. The second-order valence-electron chi connectivity index (χ2n) is 7.99. The lowest BCUT2D eigenvalue weighted by Gasteiger charge is -2.38. The SMILES string of the molecule is NC(=O)C(c1ccccc1)N1CCN(c2nc(-c3ccccc3)c3ccccc3n2)CC1. The average Bonchev–Trinajstić information content (AvgIpc) is 2.85. The van der Waals surface area contributed by atoms with Crippen molar-refractivity contribution in [2.45, 2.75) is 6.04 Å². The number of nitrogens with two attached hydrogens (primary N) is 1. The van der Waals surface area contributed by atoms with Crippen molar-refractivity contribution in [1.29, 1.82) is 0 Å². The summed E-state index contributed by atoms with van der Waals surface area (Å²) in [6.07, 6.45) is 0. The molecule has 6 heteroatoms. The van der Waals surface area contributed by atoms with Crippen LogP contribution in [0.3, 0.4) is 0 Å². The standard InChI is InChI=1S/C26H25N5O/c27-25(32)24(20-11-5-2-6-12-20)30-15-17-31(18-16-30)26-28-22-14-8-7-13-21(22)23(29-26)19-9-3-1-4-10-19/h1-14,24H,15-18H2,(H2,27,32). The molecular formula is C26H25N5O. The van der Waals surface area contributed by atoms with Gasteiger partial charge >= 0.3 is 0 Å². The van der Waals surface area contributed by atoms with Crippen LogP contribution in [0.2, 0.25) is 0 Å². The zero-order valence-electron chi connectivity index (χ0n) is 17.8. The van der Waals surface area contributed by atoms with Gasteiger partial charge in [0.05, 0.1) is 11.2 Å². The van der Waals surface area contributed by atoms with Crippen molar-refractivity contribution in [2.24, 2.45) is 5.73 Å². The van der Waals surface area contributed by atoms with Crippen molar-refractivity contribution in [2.75, 3.05) is 31.1 Å². The van der Waals surface area contributed by atoms with E-state index in [0.717, 1.165) is 46.8 Å². The summed E-state index contributed by atoms with van der Waals surface area (Å²) in [7, 11) is 0. The quantitative estimate of drug-likeness (QED) is 0.530. The normalized spacial score (nSPS) is 15.6. The van der Waals surface area contributed by atoms with Gasteiger partial charge in [0.15, 0.2) is 0 Å². The summed E-state index contributed by atoms with van der Waals surface area (Å²) in [6.45, 7) is 2.87. The molecule has 160 valence electrons. The Balaban J connectivity index is 1.42. The fraction of sp³-hybridized carbons (Fsp3) is 0.192. The zero-order valence-corrected chi connectivity index (χ0v) is 17.8. The summed E-state index contributed by atoms with van der Waals surface area (Å²) in [6, 6.07) is 27.7. The molecule has 0 saturated carbocycles. The number of nitrogens with zero attached hydrogens (tertiary/aromatic N) is 4. The van der Waals surface area contributed by atoms with E-state index >= 15 is 0 Å². The third kappa shape index (κ3) is 3.92. The van der Waals surface area contributed by atoms with Crippen LogP contribution in [0.1, 0.15) is 11.6 Å². The number of carbonyl (C=O) groups is 1. The summed E-state index contributed by atoms with van der Waals surface area (Å²) in [5.74, 6) is 0.399. The molecule has 0 radical (unpaired) electrons. The molecule has 32 heavy (non-hydrogen) atoms. The Morgan fingerprint density at radius 2 is 1.41 bits per heavy atom. The molecular weight excluding hydrogens is 398 g/mol. The fourth-order valence-electron chi connectivity index (χ4n) is 4.39. The summed E-state index contributed by atoms with van der Waals surface area (Å²) in [4.78, 5) is 26.4. The number of carbonyl (C=O) groups excluding carboxylic acids is 1. The molecule has 1 atom stereocenters. The Kier molecular flexibility index (Phi) is 5.52. The average molecular weight is 424 g/mol. The highest BCUT2D eigenvalue weighted by Crippen LogP contribution is 2.29. The largest absolute Gasteiger partial charge is 0.368 e. The van der Waals surface area contributed by atoms with Gasteiger partial charge in [0.25, 0.3) is 0 Å². The predicted molar refractivity (Wildman–Crippen MR) is 127 cm³/mol. The van der Waals surface area contributed by atoms with Gasteiger partial charge in [0.1, 0.15) is 6.04 Å². The first-order valence-corrected chi connectivity index (χ1v) is 10.9. The number of benzene rings is 3. The van der Waals surface area contributed by atoms with E-state index in [1.807, 2.05) is 66.7 Å². The number of para-hydroxylation sites is 1. The van der Waals surface area contributed by atoms with Crippen molar-refractivity contribution in [1.82, 2.24) is 14.9 Å². The van der Waals surface area contributed by atoms with Gasteiger partial charge in [-0.05, 0) is 11.6 Å². The molecule has 0 bridgehead atoms. The highest BCUT2D eigenvalue weighted by molar-refractivity contribution is 5.93. The third-order valence-corrected chi connectivity index (χ3v) is 5.99. The minimum Gasteiger partial charge on any atom is -0.368 e. The Morgan fingerprint density at radius 1 is 0.781 bits per heavy atom. The number of rotatable bonds is 5. The van der Waals surface area contributed by atoms with Crippen molar-refractivity contribution >= 4 is 22.8 Å². The minimum atomic E-state index is -0.421.